The summed E-state index contributed by atoms with van der Waals surface area (Å²) in [4.78, 5) is 17.8. The lowest BCUT2D eigenvalue weighted by Gasteiger charge is -2.10. The number of amides is 1. The molecule has 0 fully saturated rings. The maximum atomic E-state index is 9.22. The summed E-state index contributed by atoms with van der Waals surface area (Å²) in [5.41, 5.74) is 8.81. The molecule has 0 spiro atoms. The van der Waals surface area contributed by atoms with Gasteiger partial charge in [0.1, 0.15) is 6.33 Å². The highest BCUT2D eigenvalue weighted by Crippen LogP contribution is 2.25. The van der Waals surface area contributed by atoms with Crippen molar-refractivity contribution < 1.29 is 4.79 Å². The summed E-state index contributed by atoms with van der Waals surface area (Å²) in [5, 5.41) is 4.19. The Hall–Kier alpha value is -2.76. The average molecular weight is 313 g/mol. The SMILES string of the molecule is CC.CC(N)=O.Cc1nc2ncnn2c(C)c1-c1ccccc1. The summed E-state index contributed by atoms with van der Waals surface area (Å²) in [7, 11) is 0. The molecular formula is C17H23N5O. The summed E-state index contributed by atoms with van der Waals surface area (Å²) in [5.74, 6) is 0.319. The average Bonchev–Trinajstić information content (AvgIpc) is 2.98. The van der Waals surface area contributed by atoms with Crippen LogP contribution < -0.4 is 5.73 Å². The van der Waals surface area contributed by atoms with Crippen molar-refractivity contribution in [2.75, 3.05) is 0 Å². The second-order valence-electron chi connectivity index (χ2n) is 4.61. The number of benzene rings is 1. The normalized spacial score (nSPS) is 9.43. The molecule has 2 N–H and O–H groups in total. The Morgan fingerprint density at radius 2 is 1.70 bits per heavy atom. The van der Waals surface area contributed by atoms with Gasteiger partial charge in [-0.1, -0.05) is 44.2 Å². The van der Waals surface area contributed by atoms with Gasteiger partial charge in [0.05, 0.1) is 11.4 Å². The van der Waals surface area contributed by atoms with Crippen molar-refractivity contribution in [2.45, 2.75) is 34.6 Å². The van der Waals surface area contributed by atoms with E-state index >= 15 is 0 Å². The smallest absolute Gasteiger partial charge is 0.252 e. The van der Waals surface area contributed by atoms with Crippen LogP contribution in [-0.2, 0) is 4.79 Å². The number of primary amides is 1. The Kier molecular flexibility index (Phi) is 6.86. The first-order valence-electron chi connectivity index (χ1n) is 7.49. The Labute approximate surface area is 136 Å². The molecule has 0 aliphatic heterocycles. The fraction of sp³-hybridized carbons (Fsp3) is 0.294. The van der Waals surface area contributed by atoms with Crippen LogP contribution in [0.5, 0.6) is 0 Å². The van der Waals surface area contributed by atoms with Crippen LogP contribution in [-0.4, -0.2) is 25.5 Å². The highest BCUT2D eigenvalue weighted by atomic mass is 16.1. The zero-order valence-corrected chi connectivity index (χ0v) is 14.2. The van der Waals surface area contributed by atoms with Gasteiger partial charge < -0.3 is 5.73 Å². The number of hydrogen-bond donors (Lipinski definition) is 1. The molecule has 6 heteroatoms. The number of aryl methyl sites for hydroxylation is 2. The molecule has 3 rings (SSSR count). The zero-order chi connectivity index (χ0) is 17.4. The number of carbonyl (C=O) groups excluding carboxylic acids is 1. The van der Waals surface area contributed by atoms with E-state index in [1.54, 1.807) is 4.52 Å². The van der Waals surface area contributed by atoms with E-state index in [1.807, 2.05) is 45.9 Å². The third kappa shape index (κ3) is 4.60. The van der Waals surface area contributed by atoms with Crippen molar-refractivity contribution in [3.8, 4) is 11.1 Å². The van der Waals surface area contributed by atoms with Crippen molar-refractivity contribution in [1.82, 2.24) is 19.6 Å². The van der Waals surface area contributed by atoms with Gasteiger partial charge >= 0.3 is 0 Å². The minimum absolute atomic E-state index is 0.333. The lowest BCUT2D eigenvalue weighted by Crippen LogP contribution is -2.02. The highest BCUT2D eigenvalue weighted by molar-refractivity contribution is 5.70. The van der Waals surface area contributed by atoms with E-state index in [9.17, 15) is 4.79 Å². The Morgan fingerprint density at radius 1 is 1.13 bits per heavy atom. The monoisotopic (exact) mass is 313 g/mol. The van der Waals surface area contributed by atoms with Gasteiger partial charge in [0.2, 0.25) is 5.91 Å². The third-order valence-corrected chi connectivity index (χ3v) is 2.90. The molecule has 2 heterocycles. The molecule has 0 saturated carbocycles. The maximum Gasteiger partial charge on any atom is 0.252 e. The summed E-state index contributed by atoms with van der Waals surface area (Å²) in [6, 6.07) is 10.2. The molecule has 3 aromatic rings. The summed E-state index contributed by atoms with van der Waals surface area (Å²) >= 11 is 0. The Bertz CT molecular complexity index is 761. The number of aromatic nitrogens is 4. The number of hydrogen-bond acceptors (Lipinski definition) is 4. The summed E-state index contributed by atoms with van der Waals surface area (Å²) in [6.07, 6.45) is 1.53. The molecule has 2 aromatic heterocycles. The van der Waals surface area contributed by atoms with E-state index < -0.39 is 0 Å². The van der Waals surface area contributed by atoms with Gasteiger partial charge in [0, 0.05) is 12.5 Å². The second kappa shape index (κ2) is 8.63. The molecule has 0 saturated heterocycles. The van der Waals surface area contributed by atoms with Crippen LogP contribution in [0.3, 0.4) is 0 Å². The summed E-state index contributed by atoms with van der Waals surface area (Å²) in [6.45, 7) is 9.35. The predicted octanol–water partition coefficient (Wildman–Crippen LogP) is 2.93. The van der Waals surface area contributed by atoms with E-state index in [0.29, 0.717) is 5.78 Å². The fourth-order valence-electron chi connectivity index (χ4n) is 2.14. The van der Waals surface area contributed by atoms with Crippen molar-refractivity contribution in [3.63, 3.8) is 0 Å². The van der Waals surface area contributed by atoms with Crippen molar-refractivity contribution >= 4 is 11.7 Å². The van der Waals surface area contributed by atoms with E-state index in [4.69, 9.17) is 0 Å². The van der Waals surface area contributed by atoms with Crippen LogP contribution in [0, 0.1) is 13.8 Å². The Balaban J connectivity index is 0.000000388. The van der Waals surface area contributed by atoms with E-state index in [2.05, 4.69) is 32.9 Å². The maximum absolute atomic E-state index is 9.22. The Morgan fingerprint density at radius 3 is 2.26 bits per heavy atom. The van der Waals surface area contributed by atoms with E-state index in [1.165, 1.54) is 13.3 Å². The molecule has 23 heavy (non-hydrogen) atoms. The highest BCUT2D eigenvalue weighted by Gasteiger charge is 2.11. The molecule has 1 aromatic carbocycles. The van der Waals surface area contributed by atoms with E-state index in [0.717, 1.165) is 22.5 Å². The lowest BCUT2D eigenvalue weighted by molar-refractivity contribution is -0.115. The first kappa shape index (κ1) is 18.3. The molecule has 0 bridgehead atoms. The minimum Gasteiger partial charge on any atom is -0.370 e. The van der Waals surface area contributed by atoms with Crippen molar-refractivity contribution in [2.24, 2.45) is 5.73 Å². The molecule has 0 unspecified atom stereocenters. The quantitative estimate of drug-likeness (QED) is 0.748. The number of nitrogens with two attached hydrogens (primary N) is 1. The third-order valence-electron chi connectivity index (χ3n) is 2.90. The van der Waals surface area contributed by atoms with Gasteiger partial charge in [-0.2, -0.15) is 10.1 Å². The van der Waals surface area contributed by atoms with Gasteiger partial charge in [0.25, 0.3) is 5.78 Å². The topological polar surface area (TPSA) is 86.2 Å². The molecule has 0 atom stereocenters. The van der Waals surface area contributed by atoms with Gasteiger partial charge in [-0.05, 0) is 19.4 Å². The molecule has 122 valence electrons. The first-order valence-corrected chi connectivity index (χ1v) is 7.49. The van der Waals surface area contributed by atoms with Crippen LogP contribution >= 0.6 is 0 Å². The second-order valence-corrected chi connectivity index (χ2v) is 4.61. The van der Waals surface area contributed by atoms with Crippen LogP contribution in [0.4, 0.5) is 0 Å². The van der Waals surface area contributed by atoms with Gasteiger partial charge in [-0.15, -0.1) is 0 Å². The molecular weight excluding hydrogens is 290 g/mol. The fourth-order valence-corrected chi connectivity index (χ4v) is 2.14. The molecule has 0 radical (unpaired) electrons. The summed E-state index contributed by atoms with van der Waals surface area (Å²) < 4.78 is 1.77. The first-order chi connectivity index (χ1) is 11.0. The number of rotatable bonds is 1. The molecule has 6 nitrogen and oxygen atoms in total. The van der Waals surface area contributed by atoms with Crippen LogP contribution in [0.15, 0.2) is 36.7 Å². The predicted molar refractivity (Wildman–Crippen MR) is 91.9 cm³/mol. The van der Waals surface area contributed by atoms with Crippen LogP contribution in [0.1, 0.15) is 32.2 Å². The van der Waals surface area contributed by atoms with Crippen molar-refractivity contribution in [3.05, 3.63) is 48.0 Å². The van der Waals surface area contributed by atoms with Crippen molar-refractivity contribution in [1.29, 1.82) is 0 Å². The van der Waals surface area contributed by atoms with Crippen LogP contribution in [0.2, 0.25) is 0 Å². The largest absolute Gasteiger partial charge is 0.370 e. The standard InChI is InChI=1S/C13H12N4.C2H5NO.C2H6/c1-9-12(11-6-4-3-5-7-11)10(2)17-13(16-9)14-8-15-17;1-2(3)4;1-2/h3-8H,1-2H3;1H3,(H2,3,4);1-2H3. The molecule has 1 amide bonds. The van der Waals surface area contributed by atoms with Gasteiger partial charge in [-0.3, -0.25) is 4.79 Å². The minimum atomic E-state index is -0.333. The number of nitrogens with zero attached hydrogens (tertiary/aromatic N) is 4. The lowest BCUT2D eigenvalue weighted by atomic mass is 10.0. The zero-order valence-electron chi connectivity index (χ0n) is 14.2. The van der Waals surface area contributed by atoms with E-state index in [-0.39, 0.29) is 5.91 Å². The van der Waals surface area contributed by atoms with Crippen LogP contribution in [0.25, 0.3) is 16.9 Å². The number of fused-ring (bicyclic) bond motifs is 1. The van der Waals surface area contributed by atoms with Gasteiger partial charge in [0.15, 0.2) is 0 Å². The van der Waals surface area contributed by atoms with Gasteiger partial charge in [-0.25, -0.2) is 9.50 Å². The molecule has 0 aliphatic rings. The number of carbonyl (C=O) groups is 1. The molecule has 0 aliphatic carbocycles.